The minimum Gasteiger partial charge on any atom is -0.352 e. The first-order chi connectivity index (χ1) is 9.65. The number of amides is 1. The molecule has 20 heavy (non-hydrogen) atoms. The summed E-state index contributed by atoms with van der Waals surface area (Å²) in [6, 6.07) is 3.47. The maximum Gasteiger partial charge on any atom is 0.251 e. The van der Waals surface area contributed by atoms with E-state index in [4.69, 9.17) is 5.84 Å². The van der Waals surface area contributed by atoms with Crippen LogP contribution >= 0.6 is 0 Å². The number of fused-ring (bicyclic) bond motifs is 2. The third-order valence-electron chi connectivity index (χ3n) is 4.77. The van der Waals surface area contributed by atoms with Gasteiger partial charge in [-0.1, -0.05) is 6.42 Å². The van der Waals surface area contributed by atoms with Gasteiger partial charge in [-0.25, -0.2) is 10.8 Å². The van der Waals surface area contributed by atoms with Crippen LogP contribution in [0.25, 0.3) is 0 Å². The maximum absolute atomic E-state index is 12.2. The molecule has 0 radical (unpaired) electrons. The van der Waals surface area contributed by atoms with E-state index < -0.39 is 0 Å². The lowest BCUT2D eigenvalue weighted by Crippen LogP contribution is -2.31. The Kier molecular flexibility index (Phi) is 3.61. The molecule has 3 unspecified atom stereocenters. The highest BCUT2D eigenvalue weighted by Crippen LogP contribution is 2.47. The highest BCUT2D eigenvalue weighted by atomic mass is 16.1. The zero-order valence-corrected chi connectivity index (χ0v) is 11.9. The molecule has 0 aliphatic heterocycles. The Morgan fingerprint density at radius 1 is 1.40 bits per heavy atom. The minimum absolute atomic E-state index is 0.0326. The zero-order chi connectivity index (χ0) is 14.1. The predicted octanol–water partition coefficient (Wildman–Crippen LogP) is 1.84. The van der Waals surface area contributed by atoms with E-state index in [1.54, 1.807) is 12.1 Å². The van der Waals surface area contributed by atoms with Crippen LogP contribution in [0.15, 0.2) is 12.1 Å². The van der Waals surface area contributed by atoms with Crippen LogP contribution in [0.3, 0.4) is 0 Å². The molecule has 5 heteroatoms. The number of carbonyl (C=O) groups excluding carboxylic acids is 1. The fourth-order valence-corrected chi connectivity index (χ4v) is 3.83. The summed E-state index contributed by atoms with van der Waals surface area (Å²) < 4.78 is 0. The highest BCUT2D eigenvalue weighted by molar-refractivity contribution is 5.95. The lowest BCUT2D eigenvalue weighted by Gasteiger charge is -2.21. The second-order valence-electron chi connectivity index (χ2n) is 6.17. The molecular formula is C15H22N4O. The molecule has 1 heterocycles. The molecule has 2 saturated carbocycles. The third kappa shape index (κ3) is 2.63. The summed E-state index contributed by atoms with van der Waals surface area (Å²) in [7, 11) is 0. The third-order valence-corrected chi connectivity index (χ3v) is 4.77. The molecule has 2 aliphatic rings. The molecule has 1 amide bonds. The molecule has 2 aliphatic carbocycles. The van der Waals surface area contributed by atoms with Gasteiger partial charge in [-0.05, 0) is 56.1 Å². The van der Waals surface area contributed by atoms with E-state index >= 15 is 0 Å². The molecule has 0 spiro atoms. The van der Waals surface area contributed by atoms with Crippen LogP contribution in [-0.2, 0) is 0 Å². The first-order valence-corrected chi connectivity index (χ1v) is 7.39. The van der Waals surface area contributed by atoms with Gasteiger partial charge in [-0.3, -0.25) is 4.79 Å². The number of nitrogens with zero attached hydrogens (tertiary/aromatic N) is 1. The highest BCUT2D eigenvalue weighted by Gasteiger charge is 2.39. The van der Waals surface area contributed by atoms with Gasteiger partial charge >= 0.3 is 0 Å². The quantitative estimate of drug-likeness (QED) is 0.578. The monoisotopic (exact) mass is 274 g/mol. The van der Waals surface area contributed by atoms with E-state index in [0.717, 1.165) is 24.1 Å². The molecule has 2 bridgehead atoms. The molecule has 0 aromatic carbocycles. The van der Waals surface area contributed by atoms with Crippen molar-refractivity contribution in [1.82, 2.24) is 10.3 Å². The van der Waals surface area contributed by atoms with E-state index in [9.17, 15) is 4.79 Å². The van der Waals surface area contributed by atoms with Crippen molar-refractivity contribution < 1.29 is 4.79 Å². The number of anilines is 1. The summed E-state index contributed by atoms with van der Waals surface area (Å²) in [5, 5.41) is 3.07. The van der Waals surface area contributed by atoms with Crippen molar-refractivity contribution in [1.29, 1.82) is 0 Å². The van der Waals surface area contributed by atoms with Gasteiger partial charge in [0.1, 0.15) is 5.82 Å². The zero-order valence-electron chi connectivity index (χ0n) is 11.9. The van der Waals surface area contributed by atoms with Crippen molar-refractivity contribution >= 4 is 11.7 Å². The van der Waals surface area contributed by atoms with Crippen molar-refractivity contribution in [3.05, 3.63) is 23.4 Å². The van der Waals surface area contributed by atoms with Gasteiger partial charge in [0.25, 0.3) is 5.91 Å². The van der Waals surface area contributed by atoms with E-state index in [-0.39, 0.29) is 5.91 Å². The van der Waals surface area contributed by atoms with Gasteiger partial charge in [-0.2, -0.15) is 0 Å². The number of hydrazine groups is 1. The number of nitrogens with two attached hydrogens (primary N) is 1. The van der Waals surface area contributed by atoms with E-state index in [0.29, 0.717) is 17.3 Å². The van der Waals surface area contributed by atoms with E-state index in [2.05, 4.69) is 15.7 Å². The molecule has 4 N–H and O–H groups in total. The van der Waals surface area contributed by atoms with Crippen LogP contribution in [0.5, 0.6) is 0 Å². The Balaban J connectivity index is 1.60. The first kappa shape index (κ1) is 13.4. The van der Waals surface area contributed by atoms with Crippen LogP contribution in [0.4, 0.5) is 5.82 Å². The first-order valence-electron chi connectivity index (χ1n) is 7.39. The largest absolute Gasteiger partial charge is 0.352 e. The lowest BCUT2D eigenvalue weighted by molar-refractivity contribution is 0.0941. The van der Waals surface area contributed by atoms with Crippen LogP contribution in [-0.4, -0.2) is 17.4 Å². The summed E-state index contributed by atoms with van der Waals surface area (Å²) in [4.78, 5) is 16.4. The molecule has 5 nitrogen and oxygen atoms in total. The molecule has 2 fully saturated rings. The Morgan fingerprint density at radius 2 is 2.25 bits per heavy atom. The molecule has 1 aromatic heterocycles. The number of aromatic nitrogens is 1. The number of nitrogens with one attached hydrogen (secondary N) is 2. The number of pyridine rings is 1. The van der Waals surface area contributed by atoms with Crippen LogP contribution < -0.4 is 16.6 Å². The molecular weight excluding hydrogens is 252 g/mol. The summed E-state index contributed by atoms with van der Waals surface area (Å²) in [6.07, 6.45) is 5.40. The summed E-state index contributed by atoms with van der Waals surface area (Å²) in [6.45, 7) is 2.65. The normalized spacial score (nSPS) is 27.6. The second kappa shape index (κ2) is 5.40. The van der Waals surface area contributed by atoms with Gasteiger partial charge in [0, 0.05) is 17.8 Å². The second-order valence-corrected chi connectivity index (χ2v) is 6.17. The van der Waals surface area contributed by atoms with Crippen molar-refractivity contribution in [3.63, 3.8) is 0 Å². The fourth-order valence-electron chi connectivity index (χ4n) is 3.83. The topological polar surface area (TPSA) is 80.0 Å². The fraction of sp³-hybridized carbons (Fsp3) is 0.600. The number of hydrogen-bond donors (Lipinski definition) is 3. The van der Waals surface area contributed by atoms with E-state index in [1.165, 1.54) is 25.7 Å². The van der Waals surface area contributed by atoms with Gasteiger partial charge in [0.15, 0.2) is 0 Å². The van der Waals surface area contributed by atoms with Gasteiger partial charge in [0.05, 0.1) is 0 Å². The van der Waals surface area contributed by atoms with Crippen LogP contribution in [0, 0.1) is 24.7 Å². The number of hydrogen-bond acceptors (Lipinski definition) is 4. The Bertz CT molecular complexity index is 517. The molecule has 1 aromatic rings. The average molecular weight is 274 g/mol. The van der Waals surface area contributed by atoms with Crippen LogP contribution in [0.2, 0.25) is 0 Å². The predicted molar refractivity (Wildman–Crippen MR) is 78.1 cm³/mol. The number of nitrogen functional groups attached to an aromatic ring is 1. The smallest absolute Gasteiger partial charge is 0.251 e. The van der Waals surface area contributed by atoms with E-state index in [1.807, 2.05) is 6.92 Å². The standard InChI is InChI=1S/C15H22N4O/c1-9-4-12(7-14(18-9)19-16)15(20)17-8-13-6-10-2-3-11(13)5-10/h4,7,10-11,13H,2-3,5-6,8,16H2,1H3,(H,17,20)(H,18,19). The van der Waals surface area contributed by atoms with Crippen molar-refractivity contribution in [2.45, 2.75) is 32.6 Å². The Labute approximate surface area is 119 Å². The van der Waals surface area contributed by atoms with Gasteiger partial charge in [-0.15, -0.1) is 0 Å². The van der Waals surface area contributed by atoms with Gasteiger partial charge < -0.3 is 10.7 Å². The molecule has 108 valence electrons. The average Bonchev–Trinajstić information content (AvgIpc) is 3.06. The van der Waals surface area contributed by atoms with Crippen molar-refractivity contribution in [3.8, 4) is 0 Å². The molecule has 0 saturated heterocycles. The summed E-state index contributed by atoms with van der Waals surface area (Å²) in [5.74, 6) is 8.27. The number of rotatable bonds is 4. The van der Waals surface area contributed by atoms with Crippen molar-refractivity contribution in [2.24, 2.45) is 23.6 Å². The number of aryl methyl sites for hydroxylation is 1. The Morgan fingerprint density at radius 3 is 2.90 bits per heavy atom. The summed E-state index contributed by atoms with van der Waals surface area (Å²) >= 11 is 0. The van der Waals surface area contributed by atoms with Gasteiger partial charge in [0.2, 0.25) is 0 Å². The summed E-state index contributed by atoms with van der Waals surface area (Å²) in [5.41, 5.74) is 3.89. The van der Waals surface area contributed by atoms with Crippen LogP contribution in [0.1, 0.15) is 41.7 Å². The molecule has 3 rings (SSSR count). The SMILES string of the molecule is Cc1cc(C(=O)NCC2CC3CCC2C3)cc(NN)n1. The molecule has 3 atom stereocenters. The Hall–Kier alpha value is -1.62. The number of carbonyl (C=O) groups is 1. The maximum atomic E-state index is 12.2. The minimum atomic E-state index is -0.0326. The van der Waals surface area contributed by atoms with Crippen molar-refractivity contribution in [2.75, 3.05) is 12.0 Å². The lowest BCUT2D eigenvalue weighted by atomic mass is 9.89.